The van der Waals surface area contributed by atoms with Crippen LogP contribution in [-0.2, 0) is 0 Å². The monoisotopic (exact) mass is 366 g/mol. The van der Waals surface area contributed by atoms with Crippen LogP contribution in [0.5, 0.6) is 5.75 Å². The molecule has 3 unspecified atom stereocenters. The van der Waals surface area contributed by atoms with E-state index in [9.17, 15) is 0 Å². The highest BCUT2D eigenvalue weighted by molar-refractivity contribution is 9.10. The average molecular weight is 367 g/mol. The molecule has 0 spiro atoms. The number of thiocarbonyl (C=S) groups is 1. The molecule has 0 radical (unpaired) electrons. The Hall–Kier alpha value is -1.07. The summed E-state index contributed by atoms with van der Waals surface area (Å²) < 4.78 is 7.43. The van der Waals surface area contributed by atoms with Crippen LogP contribution in [0.2, 0.25) is 0 Å². The van der Waals surface area contributed by atoms with E-state index < -0.39 is 5.72 Å². The minimum Gasteiger partial charge on any atom is -0.467 e. The van der Waals surface area contributed by atoms with Crippen molar-refractivity contribution < 1.29 is 4.74 Å². The molecule has 1 saturated heterocycles. The molecule has 112 valence electrons. The molecule has 5 heteroatoms. The van der Waals surface area contributed by atoms with Gasteiger partial charge < -0.3 is 15.0 Å². The summed E-state index contributed by atoms with van der Waals surface area (Å²) in [5.41, 5.74) is 1.77. The summed E-state index contributed by atoms with van der Waals surface area (Å²) in [7, 11) is 0. The van der Waals surface area contributed by atoms with Gasteiger partial charge in [0.25, 0.3) is 0 Å². The van der Waals surface area contributed by atoms with Gasteiger partial charge in [-0.1, -0.05) is 35.0 Å². The number of nitrogens with one attached hydrogen (secondary N) is 1. The fourth-order valence-corrected chi connectivity index (χ4v) is 3.92. The molecule has 2 aliphatic heterocycles. The first-order valence-electron chi connectivity index (χ1n) is 7.04. The Labute approximate surface area is 139 Å². The van der Waals surface area contributed by atoms with E-state index >= 15 is 0 Å². The molecule has 3 atom stereocenters. The van der Waals surface area contributed by atoms with Gasteiger partial charge in [0, 0.05) is 22.5 Å². The molecule has 3 nitrogen and oxygen atoms in total. The predicted octanol–water partition coefficient (Wildman–Crippen LogP) is 4.00. The molecule has 2 aliphatic rings. The van der Waals surface area contributed by atoms with Crippen LogP contribution in [0.3, 0.4) is 0 Å². The van der Waals surface area contributed by atoms with Gasteiger partial charge in [-0.3, -0.25) is 0 Å². The van der Waals surface area contributed by atoms with Crippen LogP contribution in [-0.4, -0.2) is 22.3 Å². The maximum atomic E-state index is 6.38. The summed E-state index contributed by atoms with van der Waals surface area (Å²) in [4.78, 5) is 2.11. The Morgan fingerprint density at radius 3 is 2.95 bits per heavy atom. The zero-order valence-corrected chi connectivity index (χ0v) is 14.8. The molecule has 1 aromatic rings. The van der Waals surface area contributed by atoms with Crippen LogP contribution < -0.4 is 10.1 Å². The summed E-state index contributed by atoms with van der Waals surface area (Å²) in [5, 5.41) is 4.21. The number of hydrogen-bond donors (Lipinski definition) is 1. The van der Waals surface area contributed by atoms with Crippen molar-refractivity contribution in [3.63, 3.8) is 0 Å². The maximum Gasteiger partial charge on any atom is 0.187 e. The lowest BCUT2D eigenvalue weighted by Gasteiger charge is -2.56. The molecule has 0 amide bonds. The second-order valence-corrected chi connectivity index (χ2v) is 7.40. The van der Waals surface area contributed by atoms with Gasteiger partial charge in [0.2, 0.25) is 0 Å². The number of benzene rings is 1. The van der Waals surface area contributed by atoms with Gasteiger partial charge in [0.1, 0.15) is 5.75 Å². The molecule has 0 aromatic heterocycles. The van der Waals surface area contributed by atoms with Gasteiger partial charge in [-0.25, -0.2) is 0 Å². The summed E-state index contributed by atoms with van der Waals surface area (Å²) in [5.74, 6) is 1.19. The second kappa shape index (κ2) is 4.99. The largest absolute Gasteiger partial charge is 0.467 e. The van der Waals surface area contributed by atoms with E-state index in [-0.39, 0.29) is 12.0 Å². The first kappa shape index (κ1) is 14.9. The van der Waals surface area contributed by atoms with Gasteiger partial charge >= 0.3 is 0 Å². The number of hydrogen-bond acceptors (Lipinski definition) is 2. The smallest absolute Gasteiger partial charge is 0.187 e. The molecule has 1 aromatic carbocycles. The average Bonchev–Trinajstić information content (AvgIpc) is 2.40. The molecular weight excluding hydrogens is 348 g/mol. The van der Waals surface area contributed by atoms with E-state index in [0.29, 0.717) is 6.54 Å². The van der Waals surface area contributed by atoms with Crippen molar-refractivity contribution in [2.45, 2.75) is 32.5 Å². The fourth-order valence-electron chi connectivity index (χ4n) is 3.16. The van der Waals surface area contributed by atoms with Crippen molar-refractivity contribution >= 4 is 33.3 Å². The number of ether oxygens (including phenoxy) is 1. The topological polar surface area (TPSA) is 24.5 Å². The zero-order chi connectivity index (χ0) is 15.4. The Kier molecular flexibility index (Phi) is 3.53. The van der Waals surface area contributed by atoms with Gasteiger partial charge in [-0.15, -0.1) is 0 Å². The Morgan fingerprint density at radius 1 is 1.57 bits per heavy atom. The third-order valence-electron chi connectivity index (χ3n) is 4.46. The minimum absolute atomic E-state index is 0.171. The quantitative estimate of drug-likeness (QED) is 0.631. The Bertz CT molecular complexity index is 633. The lowest BCUT2D eigenvalue weighted by atomic mass is 9.81. The molecule has 0 aliphatic carbocycles. The van der Waals surface area contributed by atoms with Crippen LogP contribution in [0.1, 0.15) is 32.4 Å². The van der Waals surface area contributed by atoms with Crippen LogP contribution >= 0.6 is 28.1 Å². The zero-order valence-electron chi connectivity index (χ0n) is 12.4. The van der Waals surface area contributed by atoms with Crippen molar-refractivity contribution in [1.82, 2.24) is 10.2 Å². The van der Waals surface area contributed by atoms with Crippen molar-refractivity contribution in [2.75, 3.05) is 6.54 Å². The van der Waals surface area contributed by atoms with Crippen molar-refractivity contribution in [3.8, 4) is 5.75 Å². The molecule has 1 N–H and O–H groups in total. The Balaban J connectivity index is 2.09. The summed E-state index contributed by atoms with van der Waals surface area (Å²) >= 11 is 9.10. The molecule has 21 heavy (non-hydrogen) atoms. The third kappa shape index (κ3) is 2.27. The lowest BCUT2D eigenvalue weighted by molar-refractivity contribution is -0.107. The summed E-state index contributed by atoms with van der Waals surface area (Å²) in [6, 6.07) is 6.31. The maximum absolute atomic E-state index is 6.38. The van der Waals surface area contributed by atoms with Crippen molar-refractivity contribution in [1.29, 1.82) is 0 Å². The first-order valence-corrected chi connectivity index (χ1v) is 8.24. The third-order valence-corrected chi connectivity index (χ3v) is 5.29. The Morgan fingerprint density at radius 2 is 2.29 bits per heavy atom. The predicted molar refractivity (Wildman–Crippen MR) is 92.3 cm³/mol. The summed E-state index contributed by atoms with van der Waals surface area (Å²) in [6.07, 6.45) is 0. The van der Waals surface area contributed by atoms with Gasteiger partial charge in [0.05, 0.1) is 6.04 Å². The molecule has 2 heterocycles. The molecule has 0 saturated carbocycles. The van der Waals surface area contributed by atoms with E-state index in [1.807, 2.05) is 19.1 Å². The van der Waals surface area contributed by atoms with Crippen LogP contribution in [0.25, 0.3) is 0 Å². The van der Waals surface area contributed by atoms with Crippen LogP contribution in [0.4, 0.5) is 0 Å². The van der Waals surface area contributed by atoms with Gasteiger partial charge in [-0.05, 0) is 44.3 Å². The van der Waals surface area contributed by atoms with E-state index in [0.717, 1.165) is 26.5 Å². The van der Waals surface area contributed by atoms with E-state index in [4.69, 9.17) is 17.0 Å². The minimum atomic E-state index is -0.452. The van der Waals surface area contributed by atoms with Crippen LogP contribution in [0, 0.1) is 5.92 Å². The second-order valence-electron chi connectivity index (χ2n) is 6.10. The van der Waals surface area contributed by atoms with E-state index in [2.05, 4.69) is 52.6 Å². The molecule has 3 rings (SSSR count). The standard InChI is InChI=1S/C16H19BrN2OS/c1-9(2)8-19-15(21)18-14-10(3)16(19,4)20-13-6-5-11(17)7-12(13)14/h5-7,10,14H,1,8H2,2-4H3,(H,18,21). The number of halogens is 1. The van der Waals surface area contributed by atoms with Crippen molar-refractivity contribution in [3.05, 3.63) is 40.4 Å². The normalized spacial score (nSPS) is 30.3. The highest BCUT2D eigenvalue weighted by Gasteiger charge is 2.53. The highest BCUT2D eigenvalue weighted by Crippen LogP contribution is 2.48. The first-order chi connectivity index (χ1) is 9.83. The molecular formula is C16H19BrN2OS. The van der Waals surface area contributed by atoms with Gasteiger partial charge in [0.15, 0.2) is 10.8 Å². The SMILES string of the molecule is C=C(C)CN1C(=S)NC2c3cc(Br)ccc3OC1(C)C2C. The van der Waals surface area contributed by atoms with Crippen LogP contribution in [0.15, 0.2) is 34.8 Å². The lowest BCUT2D eigenvalue weighted by Crippen LogP contribution is -2.69. The molecule has 1 fully saturated rings. The number of fused-ring (bicyclic) bond motifs is 4. The fraction of sp³-hybridized carbons (Fsp3) is 0.438. The van der Waals surface area contributed by atoms with Crippen molar-refractivity contribution in [2.24, 2.45) is 5.92 Å². The van der Waals surface area contributed by atoms with Gasteiger partial charge in [-0.2, -0.15) is 0 Å². The molecule has 2 bridgehead atoms. The summed E-state index contributed by atoms with van der Waals surface area (Å²) in [6.45, 7) is 11.0. The number of nitrogens with zero attached hydrogens (tertiary/aromatic N) is 1. The van der Waals surface area contributed by atoms with E-state index in [1.54, 1.807) is 0 Å². The number of rotatable bonds is 2. The van der Waals surface area contributed by atoms with E-state index in [1.165, 1.54) is 0 Å². The highest BCUT2D eigenvalue weighted by atomic mass is 79.9.